The summed E-state index contributed by atoms with van der Waals surface area (Å²) in [6, 6.07) is 8.19. The van der Waals surface area contributed by atoms with E-state index in [9.17, 15) is 18.0 Å². The number of esters is 1. The summed E-state index contributed by atoms with van der Waals surface area (Å²) >= 11 is 0. The van der Waals surface area contributed by atoms with E-state index in [1.165, 1.54) is 12.1 Å². The first-order valence-electron chi connectivity index (χ1n) is 10.4. The standard InChI is InChI=1S/C22H29N3O5S/c1-14-12-20(22(27)30-16(3)21(26)24-18-6-4-5-7-18)15(2)25(14)13-17-8-10-19(11-9-17)31(23,28)29/h8-12,16,18H,4-7,13H2,1-3H3,(H,24,26)(H2,23,28,29). The fourth-order valence-corrected chi connectivity index (χ4v) is 4.40. The number of sulfonamides is 1. The van der Waals surface area contributed by atoms with Gasteiger partial charge in [0.25, 0.3) is 5.91 Å². The third-order valence-electron chi connectivity index (χ3n) is 5.74. The van der Waals surface area contributed by atoms with Crippen LogP contribution in [0.5, 0.6) is 0 Å². The Labute approximate surface area is 182 Å². The van der Waals surface area contributed by atoms with Gasteiger partial charge in [0, 0.05) is 24.0 Å². The molecule has 0 radical (unpaired) electrons. The molecule has 1 fully saturated rings. The molecule has 2 aromatic rings. The van der Waals surface area contributed by atoms with Crippen molar-refractivity contribution >= 4 is 21.9 Å². The molecule has 1 atom stereocenters. The molecule has 3 N–H and O–H groups in total. The fraction of sp³-hybridized carbons (Fsp3) is 0.455. The highest BCUT2D eigenvalue weighted by Crippen LogP contribution is 2.20. The van der Waals surface area contributed by atoms with Crippen LogP contribution >= 0.6 is 0 Å². The average Bonchev–Trinajstić information content (AvgIpc) is 3.31. The zero-order valence-corrected chi connectivity index (χ0v) is 18.9. The Morgan fingerprint density at radius 3 is 2.39 bits per heavy atom. The number of nitrogens with two attached hydrogens (primary N) is 1. The molecule has 168 valence electrons. The Kier molecular flexibility index (Phi) is 6.86. The lowest BCUT2D eigenvalue weighted by atomic mass is 10.2. The van der Waals surface area contributed by atoms with Crippen LogP contribution in [0.25, 0.3) is 0 Å². The van der Waals surface area contributed by atoms with E-state index in [2.05, 4.69) is 5.32 Å². The van der Waals surface area contributed by atoms with Crippen molar-refractivity contribution in [2.45, 2.75) is 70.0 Å². The predicted molar refractivity (Wildman–Crippen MR) is 116 cm³/mol. The van der Waals surface area contributed by atoms with Crippen LogP contribution in [0, 0.1) is 13.8 Å². The Balaban J connectivity index is 1.68. The molecule has 1 unspecified atom stereocenters. The first-order valence-corrected chi connectivity index (χ1v) is 11.9. The van der Waals surface area contributed by atoms with E-state index in [0.29, 0.717) is 17.8 Å². The van der Waals surface area contributed by atoms with Crippen LogP contribution in [-0.2, 0) is 26.1 Å². The molecule has 1 aliphatic carbocycles. The quantitative estimate of drug-likeness (QED) is 0.632. The summed E-state index contributed by atoms with van der Waals surface area (Å²) in [5, 5.41) is 8.08. The van der Waals surface area contributed by atoms with Crippen molar-refractivity contribution in [3.8, 4) is 0 Å². The number of amides is 1. The Morgan fingerprint density at radius 2 is 1.81 bits per heavy atom. The first kappa shape index (κ1) is 23.0. The van der Waals surface area contributed by atoms with Gasteiger partial charge in [-0.1, -0.05) is 25.0 Å². The lowest BCUT2D eigenvalue weighted by Gasteiger charge is -2.17. The summed E-state index contributed by atoms with van der Waals surface area (Å²) in [7, 11) is -3.74. The number of primary sulfonamides is 1. The molecule has 9 heteroatoms. The molecule has 1 heterocycles. The average molecular weight is 448 g/mol. The van der Waals surface area contributed by atoms with Gasteiger partial charge >= 0.3 is 5.97 Å². The first-order chi connectivity index (χ1) is 14.6. The molecule has 1 aromatic carbocycles. The van der Waals surface area contributed by atoms with Gasteiger partial charge in [-0.15, -0.1) is 0 Å². The van der Waals surface area contributed by atoms with Crippen LogP contribution in [-0.4, -0.2) is 37.0 Å². The number of aryl methyl sites for hydroxylation is 1. The van der Waals surface area contributed by atoms with Gasteiger partial charge in [0.2, 0.25) is 10.0 Å². The minimum atomic E-state index is -3.74. The van der Waals surface area contributed by atoms with Crippen molar-refractivity contribution in [3.63, 3.8) is 0 Å². The number of nitrogens with one attached hydrogen (secondary N) is 1. The van der Waals surface area contributed by atoms with Gasteiger partial charge in [-0.2, -0.15) is 0 Å². The number of aromatic nitrogens is 1. The molecular weight excluding hydrogens is 418 g/mol. The van der Waals surface area contributed by atoms with Crippen molar-refractivity contribution < 1.29 is 22.7 Å². The minimum Gasteiger partial charge on any atom is -0.449 e. The van der Waals surface area contributed by atoms with Gasteiger partial charge in [-0.05, 0) is 57.4 Å². The second kappa shape index (κ2) is 9.23. The molecule has 0 saturated heterocycles. The van der Waals surface area contributed by atoms with Crippen molar-refractivity contribution in [3.05, 3.63) is 52.8 Å². The van der Waals surface area contributed by atoms with Gasteiger partial charge in [0.05, 0.1) is 10.5 Å². The van der Waals surface area contributed by atoms with Crippen LogP contribution in [0.4, 0.5) is 0 Å². The number of ether oxygens (including phenoxy) is 1. The zero-order chi connectivity index (χ0) is 22.8. The number of benzene rings is 1. The highest BCUT2D eigenvalue weighted by atomic mass is 32.2. The van der Waals surface area contributed by atoms with Gasteiger partial charge < -0.3 is 14.6 Å². The third kappa shape index (κ3) is 5.54. The molecule has 1 amide bonds. The Bertz CT molecular complexity index is 1070. The van der Waals surface area contributed by atoms with Gasteiger partial charge in [0.15, 0.2) is 6.10 Å². The summed E-state index contributed by atoms with van der Waals surface area (Å²) in [6.07, 6.45) is 3.27. The Morgan fingerprint density at radius 1 is 1.19 bits per heavy atom. The molecule has 8 nitrogen and oxygen atoms in total. The molecule has 31 heavy (non-hydrogen) atoms. The summed E-state index contributed by atoms with van der Waals surface area (Å²) in [4.78, 5) is 25.1. The topological polar surface area (TPSA) is 120 Å². The smallest absolute Gasteiger partial charge is 0.340 e. The van der Waals surface area contributed by atoms with Crippen LogP contribution in [0.3, 0.4) is 0 Å². The van der Waals surface area contributed by atoms with Crippen LogP contribution in [0.2, 0.25) is 0 Å². The number of carbonyl (C=O) groups is 2. The van der Waals surface area contributed by atoms with E-state index < -0.39 is 22.1 Å². The maximum absolute atomic E-state index is 12.7. The Hall–Kier alpha value is -2.65. The lowest BCUT2D eigenvalue weighted by molar-refractivity contribution is -0.129. The SMILES string of the molecule is Cc1cc(C(=O)OC(C)C(=O)NC2CCCC2)c(C)n1Cc1ccc(S(N)(=O)=O)cc1. The number of nitrogens with zero attached hydrogens (tertiary/aromatic N) is 1. The zero-order valence-electron chi connectivity index (χ0n) is 18.1. The normalized spacial score (nSPS) is 15.6. The summed E-state index contributed by atoms with van der Waals surface area (Å²) in [5.41, 5.74) is 2.82. The van der Waals surface area contributed by atoms with E-state index in [0.717, 1.165) is 36.9 Å². The molecule has 1 aromatic heterocycles. The van der Waals surface area contributed by atoms with Crippen LogP contribution in [0.15, 0.2) is 35.2 Å². The number of carbonyl (C=O) groups excluding carboxylic acids is 2. The van der Waals surface area contributed by atoms with Crippen LogP contribution in [0.1, 0.15) is 59.9 Å². The highest BCUT2D eigenvalue weighted by molar-refractivity contribution is 7.89. The molecule has 0 bridgehead atoms. The largest absolute Gasteiger partial charge is 0.449 e. The van der Waals surface area contributed by atoms with Crippen molar-refractivity contribution in [1.82, 2.24) is 9.88 Å². The van der Waals surface area contributed by atoms with Crippen molar-refractivity contribution in [2.24, 2.45) is 5.14 Å². The second-order valence-corrected chi connectivity index (χ2v) is 9.66. The summed E-state index contributed by atoms with van der Waals surface area (Å²) in [6.45, 7) is 5.71. The number of hydrogen-bond acceptors (Lipinski definition) is 5. The number of hydrogen-bond donors (Lipinski definition) is 2. The molecule has 0 aliphatic heterocycles. The summed E-state index contributed by atoms with van der Waals surface area (Å²) in [5.74, 6) is -0.818. The van der Waals surface area contributed by atoms with Gasteiger partial charge in [-0.3, -0.25) is 4.79 Å². The lowest BCUT2D eigenvalue weighted by Crippen LogP contribution is -2.40. The molecule has 0 spiro atoms. The molecule has 1 saturated carbocycles. The molecule has 1 aliphatic rings. The van der Waals surface area contributed by atoms with Crippen LogP contribution < -0.4 is 10.5 Å². The van der Waals surface area contributed by atoms with E-state index in [1.807, 2.05) is 18.4 Å². The molecule has 3 rings (SSSR count). The number of rotatable bonds is 7. The van der Waals surface area contributed by atoms with Crippen molar-refractivity contribution in [2.75, 3.05) is 0 Å². The highest BCUT2D eigenvalue weighted by Gasteiger charge is 2.25. The van der Waals surface area contributed by atoms with E-state index in [1.54, 1.807) is 25.1 Å². The molecular formula is C22H29N3O5S. The monoisotopic (exact) mass is 447 g/mol. The fourth-order valence-electron chi connectivity index (χ4n) is 3.88. The summed E-state index contributed by atoms with van der Waals surface area (Å²) < 4.78 is 30.2. The predicted octanol–water partition coefficient (Wildman–Crippen LogP) is 2.40. The van der Waals surface area contributed by atoms with E-state index in [-0.39, 0.29) is 16.8 Å². The van der Waals surface area contributed by atoms with E-state index in [4.69, 9.17) is 9.88 Å². The minimum absolute atomic E-state index is 0.0475. The van der Waals surface area contributed by atoms with Gasteiger partial charge in [0.1, 0.15) is 0 Å². The second-order valence-electron chi connectivity index (χ2n) is 8.10. The van der Waals surface area contributed by atoms with E-state index >= 15 is 0 Å². The van der Waals surface area contributed by atoms with Gasteiger partial charge in [-0.25, -0.2) is 18.4 Å². The van der Waals surface area contributed by atoms with Crippen molar-refractivity contribution in [1.29, 1.82) is 0 Å². The maximum Gasteiger partial charge on any atom is 0.340 e. The maximum atomic E-state index is 12.7. The third-order valence-corrected chi connectivity index (χ3v) is 6.67.